The van der Waals surface area contributed by atoms with Gasteiger partial charge in [0.1, 0.15) is 11.8 Å². The molecule has 3 aromatic rings. The van der Waals surface area contributed by atoms with Crippen LogP contribution in [0.3, 0.4) is 0 Å². The zero-order chi connectivity index (χ0) is 15.0. The van der Waals surface area contributed by atoms with Crippen LogP contribution in [0, 0.1) is 13.8 Å². The molecule has 0 aliphatic carbocycles. The van der Waals surface area contributed by atoms with Crippen LogP contribution in [0.15, 0.2) is 12.7 Å². The highest BCUT2D eigenvalue weighted by Crippen LogP contribution is 2.26. The van der Waals surface area contributed by atoms with Crippen LogP contribution in [-0.2, 0) is 6.54 Å². The Balaban J connectivity index is 1.95. The van der Waals surface area contributed by atoms with Gasteiger partial charge in [-0.2, -0.15) is 5.10 Å². The van der Waals surface area contributed by atoms with Gasteiger partial charge < -0.3 is 10.3 Å². The number of hydrogen-bond acceptors (Lipinski definition) is 5. The number of rotatable bonds is 4. The predicted molar refractivity (Wildman–Crippen MR) is 81.1 cm³/mol. The van der Waals surface area contributed by atoms with E-state index in [1.165, 1.54) is 17.6 Å². The molecule has 2 N–H and O–H groups in total. The van der Waals surface area contributed by atoms with Crippen molar-refractivity contribution >= 4 is 17.0 Å². The number of hydrogen-bond donors (Lipinski definition) is 2. The molecule has 0 saturated heterocycles. The van der Waals surface area contributed by atoms with Crippen molar-refractivity contribution in [3.8, 4) is 0 Å². The highest BCUT2D eigenvalue weighted by atomic mass is 15.3. The molecule has 0 radical (unpaired) electrons. The summed E-state index contributed by atoms with van der Waals surface area (Å²) in [5, 5.41) is 8.00. The zero-order valence-electron chi connectivity index (χ0n) is 12.7. The number of fused-ring (bicyclic) bond motifs is 1. The molecule has 0 aliphatic rings. The number of imidazole rings is 1. The smallest absolute Gasteiger partial charge is 0.182 e. The van der Waals surface area contributed by atoms with Gasteiger partial charge in [0.2, 0.25) is 0 Å². The first-order chi connectivity index (χ1) is 10.1. The molecule has 0 aromatic carbocycles. The maximum Gasteiger partial charge on any atom is 0.182 e. The lowest BCUT2D eigenvalue weighted by Crippen LogP contribution is -2.11. The standard InChI is InChI=1S/C14H19N7/c1-5-21-10(4)11(9(3)20-21)8(2)19-14-12-13(16-6-15-12)17-7-18-14/h6-8H,5H2,1-4H3,(H2,15,16,17,18,19). The molecule has 3 heterocycles. The third-order valence-corrected chi connectivity index (χ3v) is 3.75. The van der Waals surface area contributed by atoms with E-state index in [0.29, 0.717) is 5.65 Å². The normalized spacial score (nSPS) is 12.8. The van der Waals surface area contributed by atoms with Gasteiger partial charge in [0.05, 0.1) is 18.1 Å². The summed E-state index contributed by atoms with van der Waals surface area (Å²) in [5.41, 5.74) is 4.93. The van der Waals surface area contributed by atoms with Gasteiger partial charge in [-0.15, -0.1) is 0 Å². The lowest BCUT2D eigenvalue weighted by molar-refractivity contribution is 0.632. The Morgan fingerprint density at radius 1 is 1.29 bits per heavy atom. The van der Waals surface area contributed by atoms with Gasteiger partial charge in [-0.3, -0.25) is 4.68 Å². The summed E-state index contributed by atoms with van der Waals surface area (Å²) in [6.45, 7) is 9.22. The van der Waals surface area contributed by atoms with Crippen LogP contribution >= 0.6 is 0 Å². The molecule has 1 unspecified atom stereocenters. The predicted octanol–water partition coefficient (Wildman–Crippen LogP) is 2.36. The number of anilines is 1. The Hall–Kier alpha value is -2.44. The van der Waals surface area contributed by atoms with Crippen molar-refractivity contribution in [1.29, 1.82) is 0 Å². The summed E-state index contributed by atoms with van der Waals surface area (Å²) < 4.78 is 2.02. The number of aryl methyl sites for hydroxylation is 2. The fraction of sp³-hybridized carbons (Fsp3) is 0.429. The molecule has 0 bridgehead atoms. The van der Waals surface area contributed by atoms with Gasteiger partial charge in [0, 0.05) is 17.8 Å². The van der Waals surface area contributed by atoms with E-state index < -0.39 is 0 Å². The third kappa shape index (κ3) is 2.24. The second-order valence-electron chi connectivity index (χ2n) is 5.09. The van der Waals surface area contributed by atoms with E-state index in [9.17, 15) is 0 Å². The average molecular weight is 285 g/mol. The van der Waals surface area contributed by atoms with Gasteiger partial charge in [-0.25, -0.2) is 15.0 Å². The lowest BCUT2D eigenvalue weighted by atomic mass is 10.1. The van der Waals surface area contributed by atoms with Crippen LogP contribution in [0.25, 0.3) is 11.2 Å². The monoisotopic (exact) mass is 285 g/mol. The van der Waals surface area contributed by atoms with Crippen molar-refractivity contribution in [2.24, 2.45) is 0 Å². The fourth-order valence-electron chi connectivity index (χ4n) is 2.80. The summed E-state index contributed by atoms with van der Waals surface area (Å²) in [6, 6.07) is 0.103. The first kappa shape index (κ1) is 13.5. The number of aromatic amines is 1. The Morgan fingerprint density at radius 3 is 2.81 bits per heavy atom. The summed E-state index contributed by atoms with van der Waals surface area (Å²) >= 11 is 0. The van der Waals surface area contributed by atoms with Crippen molar-refractivity contribution < 1.29 is 0 Å². The fourth-order valence-corrected chi connectivity index (χ4v) is 2.80. The number of H-pyrrole nitrogens is 1. The van der Waals surface area contributed by atoms with Crippen LogP contribution in [0.5, 0.6) is 0 Å². The van der Waals surface area contributed by atoms with Crippen molar-refractivity contribution in [3.63, 3.8) is 0 Å². The average Bonchev–Trinajstić information content (AvgIpc) is 3.04. The van der Waals surface area contributed by atoms with Crippen LogP contribution in [0.2, 0.25) is 0 Å². The van der Waals surface area contributed by atoms with E-state index in [1.54, 1.807) is 6.33 Å². The van der Waals surface area contributed by atoms with Gasteiger partial charge in [0.15, 0.2) is 11.5 Å². The number of nitrogens with zero attached hydrogens (tertiary/aromatic N) is 5. The Labute approximate surface area is 122 Å². The van der Waals surface area contributed by atoms with Gasteiger partial charge >= 0.3 is 0 Å². The van der Waals surface area contributed by atoms with Crippen molar-refractivity contribution in [3.05, 3.63) is 29.6 Å². The molecule has 0 saturated carbocycles. The Kier molecular flexibility index (Phi) is 3.32. The summed E-state index contributed by atoms with van der Waals surface area (Å²) in [7, 11) is 0. The largest absolute Gasteiger partial charge is 0.362 e. The molecule has 3 aromatic heterocycles. The molecular formula is C14H19N7. The highest BCUT2D eigenvalue weighted by Gasteiger charge is 2.18. The van der Waals surface area contributed by atoms with Crippen LogP contribution in [0.1, 0.15) is 36.8 Å². The third-order valence-electron chi connectivity index (χ3n) is 3.75. The maximum atomic E-state index is 4.57. The second-order valence-corrected chi connectivity index (χ2v) is 5.09. The van der Waals surface area contributed by atoms with E-state index in [2.05, 4.69) is 51.1 Å². The highest BCUT2D eigenvalue weighted by molar-refractivity contribution is 5.82. The maximum absolute atomic E-state index is 4.57. The minimum Gasteiger partial charge on any atom is -0.362 e. The Morgan fingerprint density at radius 2 is 2.10 bits per heavy atom. The van der Waals surface area contributed by atoms with Crippen LogP contribution in [0.4, 0.5) is 5.82 Å². The van der Waals surface area contributed by atoms with Crippen LogP contribution in [-0.4, -0.2) is 29.7 Å². The number of aromatic nitrogens is 6. The molecule has 0 aliphatic heterocycles. The van der Waals surface area contributed by atoms with E-state index in [4.69, 9.17) is 0 Å². The quantitative estimate of drug-likeness (QED) is 0.768. The molecule has 7 nitrogen and oxygen atoms in total. The molecule has 0 amide bonds. The van der Waals surface area contributed by atoms with E-state index >= 15 is 0 Å². The summed E-state index contributed by atoms with van der Waals surface area (Å²) in [4.78, 5) is 15.7. The molecule has 1 atom stereocenters. The second kappa shape index (κ2) is 5.16. The van der Waals surface area contributed by atoms with E-state index in [1.807, 2.05) is 11.6 Å². The van der Waals surface area contributed by atoms with Crippen molar-refractivity contribution in [1.82, 2.24) is 29.7 Å². The molecule has 0 spiro atoms. The van der Waals surface area contributed by atoms with E-state index in [-0.39, 0.29) is 6.04 Å². The molecule has 21 heavy (non-hydrogen) atoms. The minimum absolute atomic E-state index is 0.103. The molecule has 7 heteroatoms. The first-order valence-corrected chi connectivity index (χ1v) is 7.06. The van der Waals surface area contributed by atoms with Gasteiger partial charge in [-0.05, 0) is 27.7 Å². The van der Waals surface area contributed by atoms with Crippen molar-refractivity contribution in [2.75, 3.05) is 5.32 Å². The van der Waals surface area contributed by atoms with E-state index in [0.717, 1.165) is 23.6 Å². The molecule has 110 valence electrons. The lowest BCUT2D eigenvalue weighted by Gasteiger charge is -2.15. The van der Waals surface area contributed by atoms with Gasteiger partial charge in [-0.1, -0.05) is 0 Å². The van der Waals surface area contributed by atoms with Crippen molar-refractivity contribution in [2.45, 2.75) is 40.3 Å². The SMILES string of the molecule is CCn1nc(C)c(C(C)Nc2ncnc3nc[nH]c23)c1C. The Bertz CT molecular complexity index is 771. The first-order valence-electron chi connectivity index (χ1n) is 7.06. The molecule has 0 fully saturated rings. The molecule has 3 rings (SSSR count). The van der Waals surface area contributed by atoms with Gasteiger partial charge in [0.25, 0.3) is 0 Å². The zero-order valence-corrected chi connectivity index (χ0v) is 12.7. The molecular weight excluding hydrogens is 266 g/mol. The minimum atomic E-state index is 0.103. The van der Waals surface area contributed by atoms with Crippen LogP contribution < -0.4 is 5.32 Å². The summed E-state index contributed by atoms with van der Waals surface area (Å²) in [6.07, 6.45) is 3.15. The summed E-state index contributed by atoms with van der Waals surface area (Å²) in [5.74, 6) is 0.757. The number of nitrogens with one attached hydrogen (secondary N) is 2. The topological polar surface area (TPSA) is 84.3 Å².